The molecule has 0 radical (unpaired) electrons. The largest absolute Gasteiger partial charge is 0.347 e. The van der Waals surface area contributed by atoms with Crippen molar-refractivity contribution in [3.63, 3.8) is 0 Å². The van der Waals surface area contributed by atoms with Crippen molar-refractivity contribution >= 4 is 38.9 Å². The molecular formula is C12H9BrN2O3S. The first-order valence-electron chi connectivity index (χ1n) is 5.33. The Morgan fingerprint density at radius 1 is 1.26 bits per heavy atom. The van der Waals surface area contributed by atoms with Crippen LogP contribution in [-0.2, 0) is 6.54 Å². The van der Waals surface area contributed by atoms with E-state index in [9.17, 15) is 14.9 Å². The Balaban J connectivity index is 1.95. The van der Waals surface area contributed by atoms with Crippen LogP contribution in [0.2, 0.25) is 0 Å². The lowest BCUT2D eigenvalue weighted by Crippen LogP contribution is -2.21. The predicted octanol–water partition coefficient (Wildman–Crippen LogP) is 3.35. The number of carbonyl (C=O) groups excluding carboxylic acids is 1. The van der Waals surface area contributed by atoms with Gasteiger partial charge in [-0.1, -0.05) is 12.1 Å². The summed E-state index contributed by atoms with van der Waals surface area (Å²) in [5.41, 5.74) is 0.854. The minimum Gasteiger partial charge on any atom is -0.347 e. The number of nitro groups is 1. The van der Waals surface area contributed by atoms with Gasteiger partial charge < -0.3 is 5.32 Å². The molecule has 5 nitrogen and oxygen atoms in total. The van der Waals surface area contributed by atoms with Crippen molar-refractivity contribution in [2.24, 2.45) is 0 Å². The molecule has 1 aromatic heterocycles. The number of rotatable bonds is 4. The molecule has 0 fully saturated rings. The topological polar surface area (TPSA) is 72.2 Å². The van der Waals surface area contributed by atoms with Gasteiger partial charge in [0.2, 0.25) is 0 Å². The van der Waals surface area contributed by atoms with E-state index in [4.69, 9.17) is 0 Å². The number of nitro benzene ring substituents is 1. The van der Waals surface area contributed by atoms with Crippen LogP contribution < -0.4 is 5.32 Å². The first kappa shape index (κ1) is 13.7. The van der Waals surface area contributed by atoms with Crippen molar-refractivity contribution in [1.82, 2.24) is 5.32 Å². The Kier molecular flexibility index (Phi) is 4.28. The molecule has 0 aliphatic heterocycles. The first-order chi connectivity index (χ1) is 9.06. The highest BCUT2D eigenvalue weighted by molar-refractivity contribution is 9.11. The molecule has 0 atom stereocenters. The van der Waals surface area contributed by atoms with E-state index in [0.29, 0.717) is 11.4 Å². The quantitative estimate of drug-likeness (QED) is 0.685. The van der Waals surface area contributed by atoms with Gasteiger partial charge in [0.1, 0.15) is 0 Å². The maximum absolute atomic E-state index is 11.8. The summed E-state index contributed by atoms with van der Waals surface area (Å²) in [6.45, 7) is 0.340. The van der Waals surface area contributed by atoms with Crippen molar-refractivity contribution < 1.29 is 9.72 Å². The van der Waals surface area contributed by atoms with Gasteiger partial charge >= 0.3 is 0 Å². The highest BCUT2D eigenvalue weighted by atomic mass is 79.9. The third kappa shape index (κ3) is 3.62. The average molecular weight is 341 g/mol. The van der Waals surface area contributed by atoms with Crippen LogP contribution in [0, 0.1) is 10.1 Å². The first-order valence-corrected chi connectivity index (χ1v) is 6.94. The van der Waals surface area contributed by atoms with Gasteiger partial charge in [-0.3, -0.25) is 14.9 Å². The monoisotopic (exact) mass is 340 g/mol. The van der Waals surface area contributed by atoms with Gasteiger partial charge in [-0.15, -0.1) is 11.3 Å². The normalized spacial score (nSPS) is 10.2. The molecule has 0 bridgehead atoms. The Labute approximate surface area is 121 Å². The van der Waals surface area contributed by atoms with E-state index in [-0.39, 0.29) is 11.6 Å². The molecule has 19 heavy (non-hydrogen) atoms. The van der Waals surface area contributed by atoms with Gasteiger partial charge in [0.05, 0.1) is 13.6 Å². The number of benzene rings is 1. The van der Waals surface area contributed by atoms with E-state index in [0.717, 1.165) is 9.35 Å². The Hall–Kier alpha value is -1.73. The molecule has 1 heterocycles. The lowest BCUT2D eigenvalue weighted by molar-refractivity contribution is -0.384. The molecule has 0 unspecified atom stereocenters. The Bertz CT molecular complexity index is 610. The molecule has 1 N–H and O–H groups in total. The molecule has 2 aromatic rings. The van der Waals surface area contributed by atoms with Crippen LogP contribution in [0.1, 0.15) is 15.2 Å². The summed E-state index contributed by atoms with van der Waals surface area (Å²) in [7, 11) is 0. The van der Waals surface area contributed by atoms with Crippen molar-refractivity contribution in [3.8, 4) is 0 Å². The van der Waals surface area contributed by atoms with Crippen LogP contribution in [0.25, 0.3) is 0 Å². The number of non-ortho nitro benzene ring substituents is 1. The van der Waals surface area contributed by atoms with Gasteiger partial charge in [0, 0.05) is 18.7 Å². The highest BCUT2D eigenvalue weighted by Crippen LogP contribution is 2.22. The summed E-state index contributed by atoms with van der Waals surface area (Å²) in [5, 5.41) is 13.3. The fourth-order valence-corrected chi connectivity index (χ4v) is 2.74. The van der Waals surface area contributed by atoms with E-state index in [1.54, 1.807) is 18.2 Å². The number of nitrogens with one attached hydrogen (secondary N) is 1. The zero-order chi connectivity index (χ0) is 13.8. The van der Waals surface area contributed by atoms with Crippen LogP contribution in [0.15, 0.2) is 40.2 Å². The van der Waals surface area contributed by atoms with E-state index in [2.05, 4.69) is 21.2 Å². The fraction of sp³-hybridized carbons (Fsp3) is 0.0833. The lowest BCUT2D eigenvalue weighted by Gasteiger charge is -2.03. The SMILES string of the molecule is O=C(NCc1ccc([N+](=O)[O-])cc1)c1ccc(Br)s1. The molecule has 0 aliphatic carbocycles. The average Bonchev–Trinajstić information content (AvgIpc) is 2.83. The van der Waals surface area contributed by atoms with Crippen LogP contribution in [-0.4, -0.2) is 10.8 Å². The van der Waals surface area contributed by atoms with Gasteiger partial charge in [-0.2, -0.15) is 0 Å². The van der Waals surface area contributed by atoms with Crippen molar-refractivity contribution in [1.29, 1.82) is 0 Å². The lowest BCUT2D eigenvalue weighted by atomic mass is 10.2. The van der Waals surface area contributed by atoms with E-state index in [1.807, 2.05) is 6.07 Å². The van der Waals surface area contributed by atoms with E-state index < -0.39 is 4.92 Å². The molecule has 0 saturated heterocycles. The van der Waals surface area contributed by atoms with Crippen molar-refractivity contribution in [2.75, 3.05) is 0 Å². The Morgan fingerprint density at radius 2 is 1.95 bits per heavy atom. The number of thiophene rings is 1. The highest BCUT2D eigenvalue weighted by Gasteiger charge is 2.08. The second-order valence-corrected chi connectivity index (χ2v) is 6.17. The second kappa shape index (κ2) is 5.94. The van der Waals surface area contributed by atoms with Crippen LogP contribution in [0.4, 0.5) is 5.69 Å². The predicted molar refractivity (Wildman–Crippen MR) is 76.3 cm³/mol. The molecule has 0 spiro atoms. The van der Waals surface area contributed by atoms with Crippen molar-refractivity contribution in [2.45, 2.75) is 6.54 Å². The summed E-state index contributed by atoms with van der Waals surface area (Å²) in [6.07, 6.45) is 0. The number of carbonyl (C=O) groups is 1. The summed E-state index contributed by atoms with van der Waals surface area (Å²) >= 11 is 4.65. The van der Waals surface area contributed by atoms with E-state index in [1.165, 1.54) is 23.5 Å². The smallest absolute Gasteiger partial charge is 0.269 e. The maximum Gasteiger partial charge on any atom is 0.269 e. The van der Waals surface area contributed by atoms with Gasteiger partial charge in [-0.25, -0.2) is 0 Å². The maximum atomic E-state index is 11.8. The summed E-state index contributed by atoms with van der Waals surface area (Å²) in [4.78, 5) is 22.4. The van der Waals surface area contributed by atoms with Crippen LogP contribution >= 0.6 is 27.3 Å². The number of amides is 1. The minimum atomic E-state index is -0.453. The molecule has 7 heteroatoms. The number of hydrogen-bond acceptors (Lipinski definition) is 4. The molecule has 0 saturated carbocycles. The Morgan fingerprint density at radius 3 is 2.47 bits per heavy atom. The zero-order valence-corrected chi connectivity index (χ0v) is 12.0. The van der Waals surface area contributed by atoms with Gasteiger partial charge in [-0.05, 0) is 33.6 Å². The van der Waals surface area contributed by atoms with Gasteiger partial charge in [0.15, 0.2) is 0 Å². The molecule has 0 aliphatic rings. The summed E-state index contributed by atoms with van der Waals surface area (Å²) in [6, 6.07) is 9.64. The van der Waals surface area contributed by atoms with Gasteiger partial charge in [0.25, 0.3) is 11.6 Å². The van der Waals surface area contributed by atoms with E-state index >= 15 is 0 Å². The molecule has 1 aromatic carbocycles. The third-order valence-electron chi connectivity index (χ3n) is 2.40. The molecule has 1 amide bonds. The molecule has 98 valence electrons. The van der Waals surface area contributed by atoms with Crippen molar-refractivity contribution in [3.05, 3.63) is 60.7 Å². The fourth-order valence-electron chi connectivity index (χ4n) is 1.44. The summed E-state index contributed by atoms with van der Waals surface area (Å²) in [5.74, 6) is -0.158. The molecule has 2 rings (SSSR count). The molecular weight excluding hydrogens is 332 g/mol. The second-order valence-electron chi connectivity index (χ2n) is 3.71. The van der Waals surface area contributed by atoms with Crippen LogP contribution in [0.3, 0.4) is 0 Å². The summed E-state index contributed by atoms with van der Waals surface area (Å²) < 4.78 is 0.896. The van der Waals surface area contributed by atoms with Crippen LogP contribution in [0.5, 0.6) is 0 Å². The standard InChI is InChI=1S/C12H9BrN2O3S/c13-11-6-5-10(19-11)12(16)14-7-8-1-3-9(4-2-8)15(17)18/h1-6H,7H2,(H,14,16). The third-order valence-corrected chi connectivity index (χ3v) is 4.02. The zero-order valence-electron chi connectivity index (χ0n) is 9.63. The minimum absolute atomic E-state index is 0.0391. The number of nitrogens with zero attached hydrogens (tertiary/aromatic N) is 1. The number of hydrogen-bond donors (Lipinski definition) is 1. The number of halogens is 1.